The maximum Gasteiger partial charge on any atom is -0.00930 e. The van der Waals surface area contributed by atoms with E-state index in [2.05, 4.69) is 44.5 Å². The molecule has 1 aromatic carbocycles. The molecular formula is C15H23. The van der Waals surface area contributed by atoms with Crippen LogP contribution in [0.15, 0.2) is 24.3 Å². The average Bonchev–Trinajstić information content (AvgIpc) is 2.27. The molecule has 0 unspecified atom stereocenters. The Balaban J connectivity index is 2.44. The molecule has 0 heterocycles. The van der Waals surface area contributed by atoms with Gasteiger partial charge in [0.15, 0.2) is 0 Å². The zero-order chi connectivity index (χ0) is 10.9. The van der Waals surface area contributed by atoms with Gasteiger partial charge in [-0.3, -0.25) is 0 Å². The van der Waals surface area contributed by atoms with Gasteiger partial charge in [-0.25, -0.2) is 0 Å². The van der Waals surface area contributed by atoms with Crippen LogP contribution in [0.3, 0.4) is 0 Å². The Hall–Kier alpha value is -0.780. The van der Waals surface area contributed by atoms with Gasteiger partial charge in [-0.05, 0) is 36.8 Å². The molecule has 0 spiro atoms. The van der Waals surface area contributed by atoms with Crippen LogP contribution in [0.5, 0.6) is 0 Å². The maximum absolute atomic E-state index is 2.33. The molecule has 1 aromatic rings. The smallest absolute Gasteiger partial charge is 0.00930 e. The normalized spacial score (nSPS) is 10.5. The molecule has 0 aromatic heterocycles. The first-order chi connectivity index (χ1) is 7.38. The first-order valence-electron chi connectivity index (χ1n) is 6.29. The van der Waals surface area contributed by atoms with Crippen LogP contribution < -0.4 is 0 Å². The molecule has 0 aliphatic carbocycles. The highest BCUT2D eigenvalue weighted by molar-refractivity contribution is 5.32. The number of hydrogen-bond acceptors (Lipinski definition) is 0. The Morgan fingerprint density at radius 2 is 1.80 bits per heavy atom. The van der Waals surface area contributed by atoms with E-state index in [0.717, 1.165) is 6.42 Å². The number of benzene rings is 1. The molecule has 0 N–H and O–H groups in total. The lowest BCUT2D eigenvalue weighted by atomic mass is 9.98. The molecule has 1 radical (unpaired) electrons. The van der Waals surface area contributed by atoms with E-state index in [-0.39, 0.29) is 0 Å². The summed E-state index contributed by atoms with van der Waals surface area (Å²) in [7, 11) is 0. The molecule has 0 saturated heterocycles. The molecule has 1 rings (SSSR count). The predicted molar refractivity (Wildman–Crippen MR) is 68.0 cm³/mol. The lowest BCUT2D eigenvalue weighted by Crippen LogP contribution is -1.92. The van der Waals surface area contributed by atoms with Crippen molar-refractivity contribution in [3.8, 4) is 0 Å². The Bertz CT molecular complexity index is 262. The van der Waals surface area contributed by atoms with Crippen molar-refractivity contribution in [2.45, 2.75) is 52.4 Å². The summed E-state index contributed by atoms with van der Waals surface area (Å²) in [6.45, 7) is 4.46. The average molecular weight is 203 g/mol. The van der Waals surface area contributed by atoms with Gasteiger partial charge in [0.2, 0.25) is 0 Å². The van der Waals surface area contributed by atoms with Gasteiger partial charge in [-0.15, -0.1) is 0 Å². The van der Waals surface area contributed by atoms with E-state index >= 15 is 0 Å². The second kappa shape index (κ2) is 7.50. The third kappa shape index (κ3) is 4.51. The molecule has 0 saturated carbocycles. The van der Waals surface area contributed by atoms with Crippen LogP contribution >= 0.6 is 0 Å². The van der Waals surface area contributed by atoms with Gasteiger partial charge in [0, 0.05) is 0 Å². The van der Waals surface area contributed by atoms with E-state index in [1.54, 1.807) is 0 Å². The van der Waals surface area contributed by atoms with Gasteiger partial charge in [-0.2, -0.15) is 0 Å². The molecule has 0 nitrogen and oxygen atoms in total. The summed E-state index contributed by atoms with van der Waals surface area (Å²) in [6.07, 6.45) is 10.1. The van der Waals surface area contributed by atoms with Crippen LogP contribution in [-0.4, -0.2) is 0 Å². The van der Waals surface area contributed by atoms with Gasteiger partial charge in [-0.1, -0.05) is 57.4 Å². The summed E-state index contributed by atoms with van der Waals surface area (Å²) >= 11 is 0. The van der Waals surface area contributed by atoms with E-state index in [1.807, 2.05) is 0 Å². The van der Waals surface area contributed by atoms with E-state index < -0.39 is 0 Å². The SMILES string of the molecule is CC[CH]c1ccccc1CCCCCC. The molecule has 0 aliphatic rings. The number of unbranched alkanes of at least 4 members (excludes halogenated alkanes) is 3. The minimum atomic E-state index is 1.13. The van der Waals surface area contributed by atoms with Crippen molar-refractivity contribution >= 4 is 0 Å². The molecule has 0 heteroatoms. The summed E-state index contributed by atoms with van der Waals surface area (Å²) < 4.78 is 0. The number of aryl methyl sites for hydroxylation is 1. The van der Waals surface area contributed by atoms with Crippen molar-refractivity contribution in [3.63, 3.8) is 0 Å². The first kappa shape index (κ1) is 12.3. The highest BCUT2D eigenvalue weighted by atomic mass is 14.1. The van der Waals surface area contributed by atoms with Crippen LogP contribution in [0.25, 0.3) is 0 Å². The minimum absolute atomic E-state index is 1.13. The molecule has 0 atom stereocenters. The van der Waals surface area contributed by atoms with Crippen molar-refractivity contribution in [3.05, 3.63) is 41.8 Å². The van der Waals surface area contributed by atoms with E-state index in [1.165, 1.54) is 43.2 Å². The van der Waals surface area contributed by atoms with Crippen LogP contribution in [0, 0.1) is 6.42 Å². The van der Waals surface area contributed by atoms with Gasteiger partial charge in [0.25, 0.3) is 0 Å². The summed E-state index contributed by atoms with van der Waals surface area (Å²) in [6, 6.07) is 8.80. The van der Waals surface area contributed by atoms with E-state index in [9.17, 15) is 0 Å². The fourth-order valence-corrected chi connectivity index (χ4v) is 1.92. The van der Waals surface area contributed by atoms with E-state index in [4.69, 9.17) is 0 Å². The van der Waals surface area contributed by atoms with Crippen LogP contribution in [0.2, 0.25) is 0 Å². The third-order valence-corrected chi connectivity index (χ3v) is 2.78. The third-order valence-electron chi connectivity index (χ3n) is 2.78. The second-order valence-electron chi connectivity index (χ2n) is 4.12. The lowest BCUT2D eigenvalue weighted by molar-refractivity contribution is 0.665. The van der Waals surface area contributed by atoms with Crippen LogP contribution in [-0.2, 0) is 6.42 Å². The second-order valence-corrected chi connectivity index (χ2v) is 4.12. The highest BCUT2D eigenvalue weighted by Gasteiger charge is 2.00. The van der Waals surface area contributed by atoms with Crippen LogP contribution in [0.4, 0.5) is 0 Å². The van der Waals surface area contributed by atoms with Crippen molar-refractivity contribution in [1.82, 2.24) is 0 Å². The molecule has 0 bridgehead atoms. The van der Waals surface area contributed by atoms with Crippen molar-refractivity contribution < 1.29 is 0 Å². The monoisotopic (exact) mass is 203 g/mol. The van der Waals surface area contributed by atoms with E-state index in [0.29, 0.717) is 0 Å². The fraction of sp³-hybridized carbons (Fsp3) is 0.533. The Morgan fingerprint density at radius 3 is 2.53 bits per heavy atom. The van der Waals surface area contributed by atoms with Gasteiger partial charge in [0.1, 0.15) is 0 Å². The molecular weight excluding hydrogens is 180 g/mol. The van der Waals surface area contributed by atoms with Crippen molar-refractivity contribution in [1.29, 1.82) is 0 Å². The molecule has 0 fully saturated rings. The largest absolute Gasteiger partial charge is 0.0654 e. The summed E-state index contributed by atoms with van der Waals surface area (Å²) in [5.74, 6) is 0. The van der Waals surface area contributed by atoms with Crippen LogP contribution in [0.1, 0.15) is 57.1 Å². The standard InChI is InChI=1S/C15H23/c1-3-5-6-7-11-15-13-9-8-12-14(15)10-4-2/h8-10,12-13H,3-7,11H2,1-2H3. The summed E-state index contributed by atoms with van der Waals surface area (Å²) in [5.41, 5.74) is 2.96. The zero-order valence-electron chi connectivity index (χ0n) is 10.1. The Kier molecular flexibility index (Phi) is 6.15. The predicted octanol–water partition coefficient (Wildman–Crippen LogP) is 4.77. The summed E-state index contributed by atoms with van der Waals surface area (Å²) in [4.78, 5) is 0. The molecule has 0 aliphatic heterocycles. The minimum Gasteiger partial charge on any atom is -0.0654 e. The number of rotatable bonds is 7. The lowest BCUT2D eigenvalue weighted by Gasteiger charge is -2.07. The molecule has 83 valence electrons. The topological polar surface area (TPSA) is 0 Å². The number of hydrogen-bond donors (Lipinski definition) is 0. The molecule has 15 heavy (non-hydrogen) atoms. The quantitative estimate of drug-likeness (QED) is 0.560. The van der Waals surface area contributed by atoms with Gasteiger partial charge >= 0.3 is 0 Å². The Morgan fingerprint density at radius 1 is 1.00 bits per heavy atom. The van der Waals surface area contributed by atoms with Crippen molar-refractivity contribution in [2.75, 3.05) is 0 Å². The maximum atomic E-state index is 2.33. The molecule has 0 amide bonds. The first-order valence-corrected chi connectivity index (χ1v) is 6.29. The van der Waals surface area contributed by atoms with Gasteiger partial charge < -0.3 is 0 Å². The van der Waals surface area contributed by atoms with Gasteiger partial charge in [0.05, 0.1) is 0 Å². The Labute approximate surface area is 94.7 Å². The summed E-state index contributed by atoms with van der Waals surface area (Å²) in [5, 5.41) is 0. The zero-order valence-corrected chi connectivity index (χ0v) is 10.1. The van der Waals surface area contributed by atoms with Crippen molar-refractivity contribution in [2.24, 2.45) is 0 Å². The fourth-order valence-electron chi connectivity index (χ4n) is 1.92. The highest BCUT2D eigenvalue weighted by Crippen LogP contribution is 2.15.